The predicted octanol–water partition coefficient (Wildman–Crippen LogP) is 2.88. The summed E-state index contributed by atoms with van der Waals surface area (Å²) in [6, 6.07) is 7.12. The van der Waals surface area contributed by atoms with E-state index in [4.69, 9.17) is 0 Å². The van der Waals surface area contributed by atoms with Crippen molar-refractivity contribution in [1.82, 2.24) is 15.5 Å². The number of nitrogens with one attached hydrogen (secondary N) is 2. The normalized spacial score (nSPS) is 20.0. The molecular weight excluding hydrogens is 386 g/mol. The van der Waals surface area contributed by atoms with Crippen LogP contribution in [0.15, 0.2) is 28.7 Å². The standard InChI is InChI=1S/C18H22BrN3O3/c1-2-14(12-5-7-13(19)8-6-12)20-15(23)11-22-16(24)18(21-17(22)25)9-3-4-10-18/h5-8,14H,2-4,9-11H2,1H3,(H,20,23)(H,21,25)/t14-/m0/s1. The van der Waals surface area contributed by atoms with Gasteiger partial charge in [0, 0.05) is 4.47 Å². The van der Waals surface area contributed by atoms with Crippen LogP contribution in [0.25, 0.3) is 0 Å². The Kier molecular flexibility index (Phi) is 5.13. The van der Waals surface area contributed by atoms with E-state index in [2.05, 4.69) is 26.6 Å². The van der Waals surface area contributed by atoms with Gasteiger partial charge in [-0.25, -0.2) is 4.79 Å². The molecule has 0 radical (unpaired) electrons. The predicted molar refractivity (Wildman–Crippen MR) is 96.8 cm³/mol. The van der Waals surface area contributed by atoms with Gasteiger partial charge in [-0.2, -0.15) is 0 Å². The van der Waals surface area contributed by atoms with E-state index in [9.17, 15) is 14.4 Å². The van der Waals surface area contributed by atoms with E-state index in [-0.39, 0.29) is 24.4 Å². The van der Waals surface area contributed by atoms with Crippen molar-refractivity contribution in [3.8, 4) is 0 Å². The van der Waals surface area contributed by atoms with Crippen LogP contribution >= 0.6 is 15.9 Å². The number of hydrogen-bond donors (Lipinski definition) is 2. The van der Waals surface area contributed by atoms with Crippen LogP contribution in [0, 0.1) is 0 Å². The molecule has 1 aliphatic heterocycles. The SMILES string of the molecule is CC[C@H](NC(=O)CN1C(=O)NC2(CCCC2)C1=O)c1ccc(Br)cc1. The number of amides is 4. The third-order valence-electron chi connectivity index (χ3n) is 5.02. The zero-order valence-corrected chi connectivity index (χ0v) is 15.8. The molecule has 7 heteroatoms. The van der Waals surface area contributed by atoms with E-state index in [0.717, 1.165) is 34.2 Å². The minimum Gasteiger partial charge on any atom is -0.348 e. The van der Waals surface area contributed by atoms with Gasteiger partial charge in [0.15, 0.2) is 0 Å². The zero-order chi connectivity index (χ0) is 18.0. The molecule has 134 valence electrons. The van der Waals surface area contributed by atoms with E-state index in [1.54, 1.807) is 0 Å². The molecule has 2 aliphatic rings. The van der Waals surface area contributed by atoms with Crippen molar-refractivity contribution in [2.75, 3.05) is 6.54 Å². The van der Waals surface area contributed by atoms with Crippen molar-refractivity contribution >= 4 is 33.8 Å². The van der Waals surface area contributed by atoms with Crippen LogP contribution in [0.2, 0.25) is 0 Å². The Labute approximate surface area is 155 Å². The van der Waals surface area contributed by atoms with E-state index in [1.165, 1.54) is 0 Å². The molecule has 3 rings (SSSR count). The van der Waals surface area contributed by atoms with Gasteiger partial charge in [-0.05, 0) is 37.0 Å². The van der Waals surface area contributed by atoms with Crippen LogP contribution in [-0.4, -0.2) is 34.8 Å². The fourth-order valence-corrected chi connectivity index (χ4v) is 3.90. The molecule has 1 aromatic rings. The lowest BCUT2D eigenvalue weighted by Crippen LogP contribution is -2.45. The second kappa shape index (κ2) is 7.15. The van der Waals surface area contributed by atoms with Crippen LogP contribution in [0.4, 0.5) is 4.79 Å². The van der Waals surface area contributed by atoms with Gasteiger partial charge < -0.3 is 10.6 Å². The van der Waals surface area contributed by atoms with E-state index in [0.29, 0.717) is 12.8 Å². The minimum absolute atomic E-state index is 0.151. The molecular formula is C18H22BrN3O3. The fourth-order valence-electron chi connectivity index (χ4n) is 3.64. The highest BCUT2D eigenvalue weighted by Crippen LogP contribution is 2.34. The summed E-state index contributed by atoms with van der Waals surface area (Å²) in [5.41, 5.74) is 0.219. The molecule has 1 aliphatic carbocycles. The highest BCUT2D eigenvalue weighted by molar-refractivity contribution is 9.10. The molecule has 0 unspecified atom stereocenters. The maximum absolute atomic E-state index is 12.6. The number of imide groups is 1. The van der Waals surface area contributed by atoms with E-state index < -0.39 is 11.6 Å². The second-order valence-electron chi connectivity index (χ2n) is 6.69. The molecule has 1 spiro atoms. The summed E-state index contributed by atoms with van der Waals surface area (Å²) in [5.74, 6) is -0.588. The van der Waals surface area contributed by atoms with Crippen molar-refractivity contribution in [1.29, 1.82) is 0 Å². The molecule has 4 amide bonds. The van der Waals surface area contributed by atoms with Crippen molar-refractivity contribution < 1.29 is 14.4 Å². The van der Waals surface area contributed by atoms with Gasteiger partial charge in [-0.1, -0.05) is 47.8 Å². The average Bonchev–Trinajstić information content (AvgIpc) is 3.15. The first-order valence-electron chi connectivity index (χ1n) is 8.64. The number of carbonyl (C=O) groups is 3. The third kappa shape index (κ3) is 3.56. The number of benzene rings is 1. The monoisotopic (exact) mass is 407 g/mol. The second-order valence-corrected chi connectivity index (χ2v) is 7.61. The zero-order valence-electron chi connectivity index (χ0n) is 14.2. The van der Waals surface area contributed by atoms with Gasteiger partial charge in [-0.15, -0.1) is 0 Å². The first kappa shape index (κ1) is 17.9. The molecule has 25 heavy (non-hydrogen) atoms. The molecule has 1 atom stereocenters. The summed E-state index contributed by atoms with van der Waals surface area (Å²) in [4.78, 5) is 38.2. The first-order valence-corrected chi connectivity index (χ1v) is 9.43. The van der Waals surface area contributed by atoms with Crippen molar-refractivity contribution in [2.24, 2.45) is 0 Å². The maximum atomic E-state index is 12.6. The lowest BCUT2D eigenvalue weighted by Gasteiger charge is -2.21. The van der Waals surface area contributed by atoms with Crippen LogP contribution in [0.3, 0.4) is 0 Å². The number of rotatable bonds is 5. The van der Waals surface area contributed by atoms with Crippen molar-refractivity contribution in [2.45, 2.75) is 50.6 Å². The number of hydrogen-bond acceptors (Lipinski definition) is 3. The van der Waals surface area contributed by atoms with Crippen LogP contribution in [0.5, 0.6) is 0 Å². The van der Waals surface area contributed by atoms with Gasteiger partial charge in [0.05, 0.1) is 6.04 Å². The van der Waals surface area contributed by atoms with Crippen LogP contribution < -0.4 is 10.6 Å². The summed E-state index contributed by atoms with van der Waals surface area (Å²) in [5, 5.41) is 5.71. The lowest BCUT2D eigenvalue weighted by atomic mass is 9.98. The Morgan fingerprint density at radius 3 is 2.52 bits per heavy atom. The summed E-state index contributed by atoms with van der Waals surface area (Å²) in [6.07, 6.45) is 3.89. The van der Waals surface area contributed by atoms with Crippen molar-refractivity contribution in [3.05, 3.63) is 34.3 Å². The minimum atomic E-state index is -0.771. The third-order valence-corrected chi connectivity index (χ3v) is 5.55. The molecule has 1 aromatic carbocycles. The highest BCUT2D eigenvalue weighted by atomic mass is 79.9. The summed E-state index contributed by atoms with van der Waals surface area (Å²) < 4.78 is 0.971. The molecule has 1 saturated heterocycles. The van der Waals surface area contributed by atoms with Crippen LogP contribution in [-0.2, 0) is 9.59 Å². The number of nitrogens with zero attached hydrogens (tertiary/aromatic N) is 1. The Balaban J connectivity index is 1.64. The molecule has 0 bridgehead atoms. The van der Waals surface area contributed by atoms with Crippen molar-refractivity contribution in [3.63, 3.8) is 0 Å². The Morgan fingerprint density at radius 2 is 1.92 bits per heavy atom. The molecule has 6 nitrogen and oxygen atoms in total. The summed E-state index contributed by atoms with van der Waals surface area (Å²) >= 11 is 3.39. The summed E-state index contributed by atoms with van der Waals surface area (Å²) in [6.45, 7) is 1.74. The van der Waals surface area contributed by atoms with Gasteiger partial charge in [0.25, 0.3) is 5.91 Å². The lowest BCUT2D eigenvalue weighted by molar-refractivity contribution is -0.135. The Hall–Kier alpha value is -1.89. The number of carbonyl (C=O) groups excluding carboxylic acids is 3. The largest absolute Gasteiger partial charge is 0.348 e. The number of urea groups is 1. The number of halogens is 1. The van der Waals surface area contributed by atoms with Gasteiger partial charge >= 0.3 is 6.03 Å². The first-order chi connectivity index (χ1) is 11.9. The smallest absolute Gasteiger partial charge is 0.325 e. The Morgan fingerprint density at radius 1 is 1.28 bits per heavy atom. The van der Waals surface area contributed by atoms with Gasteiger partial charge in [-0.3, -0.25) is 14.5 Å². The quantitative estimate of drug-likeness (QED) is 0.736. The maximum Gasteiger partial charge on any atom is 0.325 e. The molecule has 0 aromatic heterocycles. The van der Waals surface area contributed by atoms with Gasteiger partial charge in [0.1, 0.15) is 12.1 Å². The Bertz CT molecular complexity index is 683. The van der Waals surface area contributed by atoms with Crippen LogP contribution in [0.1, 0.15) is 50.6 Å². The molecule has 2 N–H and O–H groups in total. The van der Waals surface area contributed by atoms with Gasteiger partial charge in [0.2, 0.25) is 5.91 Å². The highest BCUT2D eigenvalue weighted by Gasteiger charge is 2.52. The molecule has 1 saturated carbocycles. The molecule has 1 heterocycles. The average molecular weight is 408 g/mol. The molecule has 2 fully saturated rings. The van der Waals surface area contributed by atoms with E-state index in [1.807, 2.05) is 31.2 Å². The topological polar surface area (TPSA) is 78.5 Å². The van der Waals surface area contributed by atoms with E-state index >= 15 is 0 Å². The fraction of sp³-hybridized carbons (Fsp3) is 0.500. The summed E-state index contributed by atoms with van der Waals surface area (Å²) in [7, 11) is 0.